The zero-order valence-corrected chi connectivity index (χ0v) is 12.5. The summed E-state index contributed by atoms with van der Waals surface area (Å²) in [6.07, 6.45) is 7.63. The Labute approximate surface area is 120 Å². The van der Waals surface area contributed by atoms with Crippen molar-refractivity contribution in [1.82, 2.24) is 0 Å². The van der Waals surface area contributed by atoms with Crippen LogP contribution in [-0.4, -0.2) is 47.6 Å². The van der Waals surface area contributed by atoms with E-state index in [4.69, 9.17) is 9.47 Å². The van der Waals surface area contributed by atoms with Crippen molar-refractivity contribution in [3.05, 3.63) is 0 Å². The average molecular weight is 286 g/mol. The van der Waals surface area contributed by atoms with E-state index >= 15 is 0 Å². The van der Waals surface area contributed by atoms with E-state index in [1.54, 1.807) is 0 Å². The molecule has 0 aliphatic carbocycles. The topological polar surface area (TPSA) is 38.7 Å². The molecule has 3 fully saturated rings. The lowest BCUT2D eigenvalue weighted by molar-refractivity contribution is -0.124. The molecule has 0 aromatic rings. The minimum Gasteiger partial charge on any atom is -0.393 e. The molecule has 3 aliphatic rings. The van der Waals surface area contributed by atoms with Gasteiger partial charge in [-0.3, -0.25) is 0 Å². The largest absolute Gasteiger partial charge is 0.393 e. The Hall–Kier alpha value is 0.230. The highest BCUT2D eigenvalue weighted by Crippen LogP contribution is 2.41. The van der Waals surface area contributed by atoms with Gasteiger partial charge < -0.3 is 14.6 Å². The van der Waals surface area contributed by atoms with Crippen molar-refractivity contribution in [2.24, 2.45) is 5.92 Å². The van der Waals surface area contributed by atoms with E-state index in [0.717, 1.165) is 45.3 Å². The number of thioether (sulfide) groups is 1. The summed E-state index contributed by atoms with van der Waals surface area (Å²) in [6.45, 7) is 1.71. The standard InChI is InChI=1S/C15H26O3S/c16-14(10-13-2-1-6-17-13)12-3-7-18-15(11-12)4-8-19-9-5-15/h12-14,16H,1-11H2. The SMILES string of the molecule is OC(CC1CCCO1)C1CCOC2(CCSCC2)C1. The van der Waals surface area contributed by atoms with Gasteiger partial charge in [-0.1, -0.05) is 0 Å². The van der Waals surface area contributed by atoms with Crippen molar-refractivity contribution in [2.75, 3.05) is 24.7 Å². The molecule has 3 atom stereocenters. The normalized spacial score (nSPS) is 36.5. The monoisotopic (exact) mass is 286 g/mol. The lowest BCUT2D eigenvalue weighted by atomic mass is 9.78. The molecule has 3 aliphatic heterocycles. The molecule has 110 valence electrons. The molecule has 1 spiro atoms. The fourth-order valence-electron chi connectivity index (χ4n) is 3.78. The molecule has 0 radical (unpaired) electrons. The number of ether oxygens (including phenoxy) is 2. The van der Waals surface area contributed by atoms with E-state index in [-0.39, 0.29) is 11.7 Å². The molecule has 0 amide bonds. The Morgan fingerprint density at radius 3 is 2.79 bits per heavy atom. The molecule has 1 N–H and O–H groups in total. The molecule has 19 heavy (non-hydrogen) atoms. The van der Waals surface area contributed by atoms with Crippen LogP contribution in [0.1, 0.15) is 44.9 Å². The maximum Gasteiger partial charge on any atom is 0.0701 e. The zero-order chi connectivity index (χ0) is 13.1. The summed E-state index contributed by atoms with van der Waals surface area (Å²) in [7, 11) is 0. The first-order valence-electron chi connectivity index (χ1n) is 7.79. The second-order valence-electron chi connectivity index (χ2n) is 6.33. The van der Waals surface area contributed by atoms with E-state index in [1.165, 1.54) is 24.3 Å². The molecule has 0 aromatic heterocycles. The highest BCUT2D eigenvalue weighted by molar-refractivity contribution is 7.99. The Balaban J connectivity index is 1.54. The smallest absolute Gasteiger partial charge is 0.0701 e. The number of rotatable bonds is 3. The van der Waals surface area contributed by atoms with Crippen molar-refractivity contribution >= 4 is 11.8 Å². The summed E-state index contributed by atoms with van der Waals surface area (Å²) < 4.78 is 11.8. The minimum absolute atomic E-state index is 0.0890. The number of hydrogen-bond acceptors (Lipinski definition) is 4. The number of hydrogen-bond donors (Lipinski definition) is 1. The molecular formula is C15H26O3S. The van der Waals surface area contributed by atoms with E-state index in [1.807, 2.05) is 11.8 Å². The quantitative estimate of drug-likeness (QED) is 0.865. The molecule has 3 nitrogen and oxygen atoms in total. The van der Waals surface area contributed by atoms with Crippen LogP contribution >= 0.6 is 11.8 Å². The van der Waals surface area contributed by atoms with Crippen molar-refractivity contribution in [3.8, 4) is 0 Å². The van der Waals surface area contributed by atoms with Crippen LogP contribution in [0.25, 0.3) is 0 Å². The first kappa shape index (κ1) is 14.2. The lowest BCUT2D eigenvalue weighted by Gasteiger charge is -2.44. The molecule has 3 saturated heterocycles. The van der Waals surface area contributed by atoms with Gasteiger partial charge in [0, 0.05) is 13.2 Å². The summed E-state index contributed by atoms with van der Waals surface area (Å²) >= 11 is 2.04. The van der Waals surface area contributed by atoms with Gasteiger partial charge in [0.15, 0.2) is 0 Å². The van der Waals surface area contributed by atoms with Crippen LogP contribution in [0.3, 0.4) is 0 Å². The highest BCUT2D eigenvalue weighted by atomic mass is 32.2. The van der Waals surface area contributed by atoms with E-state index < -0.39 is 0 Å². The third-order valence-corrected chi connectivity index (χ3v) is 5.99. The van der Waals surface area contributed by atoms with Crippen molar-refractivity contribution in [2.45, 2.75) is 62.8 Å². The Morgan fingerprint density at radius 1 is 1.21 bits per heavy atom. The van der Waals surface area contributed by atoms with Crippen LogP contribution in [-0.2, 0) is 9.47 Å². The first-order valence-corrected chi connectivity index (χ1v) is 8.94. The maximum atomic E-state index is 10.5. The van der Waals surface area contributed by atoms with Gasteiger partial charge in [0.1, 0.15) is 0 Å². The van der Waals surface area contributed by atoms with Gasteiger partial charge in [-0.15, -0.1) is 0 Å². The van der Waals surface area contributed by atoms with Crippen molar-refractivity contribution < 1.29 is 14.6 Å². The van der Waals surface area contributed by atoms with Crippen LogP contribution in [0.15, 0.2) is 0 Å². The predicted molar refractivity (Wildman–Crippen MR) is 77.6 cm³/mol. The third kappa shape index (κ3) is 3.46. The zero-order valence-electron chi connectivity index (χ0n) is 11.7. The molecule has 3 heterocycles. The second kappa shape index (κ2) is 6.33. The average Bonchev–Trinajstić information content (AvgIpc) is 2.92. The minimum atomic E-state index is -0.196. The van der Waals surface area contributed by atoms with Crippen LogP contribution in [0.5, 0.6) is 0 Å². The summed E-state index contributed by atoms with van der Waals surface area (Å²) in [6, 6.07) is 0. The molecule has 4 heteroatoms. The van der Waals surface area contributed by atoms with Crippen LogP contribution in [0.4, 0.5) is 0 Å². The van der Waals surface area contributed by atoms with Crippen LogP contribution in [0, 0.1) is 5.92 Å². The van der Waals surface area contributed by atoms with Gasteiger partial charge in [-0.2, -0.15) is 11.8 Å². The van der Waals surface area contributed by atoms with E-state index in [9.17, 15) is 5.11 Å². The summed E-state index contributed by atoms with van der Waals surface area (Å²) in [4.78, 5) is 0. The van der Waals surface area contributed by atoms with Crippen molar-refractivity contribution in [1.29, 1.82) is 0 Å². The van der Waals surface area contributed by atoms with E-state index in [2.05, 4.69) is 0 Å². The van der Waals surface area contributed by atoms with Gasteiger partial charge in [-0.25, -0.2) is 0 Å². The number of aliphatic hydroxyl groups excluding tert-OH is 1. The molecular weight excluding hydrogens is 260 g/mol. The van der Waals surface area contributed by atoms with Crippen LogP contribution in [0.2, 0.25) is 0 Å². The van der Waals surface area contributed by atoms with Gasteiger partial charge in [0.25, 0.3) is 0 Å². The van der Waals surface area contributed by atoms with E-state index in [0.29, 0.717) is 12.0 Å². The van der Waals surface area contributed by atoms with Crippen molar-refractivity contribution in [3.63, 3.8) is 0 Å². The molecule has 0 aromatic carbocycles. The second-order valence-corrected chi connectivity index (χ2v) is 7.56. The molecule has 3 rings (SSSR count). The maximum absolute atomic E-state index is 10.5. The predicted octanol–water partition coefficient (Wildman–Crippen LogP) is 2.61. The Morgan fingerprint density at radius 2 is 2.05 bits per heavy atom. The summed E-state index contributed by atoms with van der Waals surface area (Å²) in [5.41, 5.74) is 0.0890. The lowest BCUT2D eigenvalue weighted by Crippen LogP contribution is -2.45. The number of aliphatic hydroxyl groups is 1. The summed E-state index contributed by atoms with van der Waals surface area (Å²) in [5, 5.41) is 10.5. The summed E-state index contributed by atoms with van der Waals surface area (Å²) in [5.74, 6) is 2.85. The fourth-order valence-corrected chi connectivity index (χ4v) is 5.01. The first-order chi connectivity index (χ1) is 9.27. The van der Waals surface area contributed by atoms with Gasteiger partial charge >= 0.3 is 0 Å². The molecule has 3 unspecified atom stereocenters. The highest BCUT2D eigenvalue weighted by Gasteiger charge is 2.41. The Kier molecular flexibility index (Phi) is 4.73. The Bertz CT molecular complexity index is 280. The van der Waals surface area contributed by atoms with Crippen LogP contribution < -0.4 is 0 Å². The van der Waals surface area contributed by atoms with Gasteiger partial charge in [0.2, 0.25) is 0 Å². The molecule has 0 bridgehead atoms. The van der Waals surface area contributed by atoms with Gasteiger partial charge in [0.05, 0.1) is 17.8 Å². The fraction of sp³-hybridized carbons (Fsp3) is 1.00. The third-order valence-electron chi connectivity index (χ3n) is 5.01. The molecule has 0 saturated carbocycles. The van der Waals surface area contributed by atoms with Gasteiger partial charge in [-0.05, 0) is 62.4 Å².